The largest absolute Gasteiger partial charge is 0.482 e. The Morgan fingerprint density at radius 2 is 2.42 bits per heavy atom. The number of rotatable bonds is 2. The Hall–Kier alpha value is -1.51. The predicted octanol–water partition coefficient (Wildman–Crippen LogP) is 1.11. The Kier molecular flexibility index (Phi) is 2.33. The van der Waals surface area contributed by atoms with Crippen molar-refractivity contribution >= 4 is 5.91 Å². The van der Waals surface area contributed by atoms with Crippen LogP contribution in [-0.2, 0) is 9.53 Å². The zero-order chi connectivity index (χ0) is 9.14. The van der Waals surface area contributed by atoms with E-state index in [1.807, 2.05) is 0 Å². The first kappa shape index (κ1) is 8.59. The van der Waals surface area contributed by atoms with Crippen LogP contribution in [-0.4, -0.2) is 12.5 Å². The van der Waals surface area contributed by atoms with E-state index in [2.05, 4.69) is 18.5 Å². The van der Waals surface area contributed by atoms with Crippen molar-refractivity contribution in [3.8, 4) is 0 Å². The molecule has 1 rings (SSSR count). The lowest BCUT2D eigenvalue weighted by Gasteiger charge is -2.19. The number of allylic oxidation sites excluding steroid dienone is 2. The number of hydrogen-bond acceptors (Lipinski definition) is 2. The number of hydrogen-bond donors (Lipinski definition) is 1. The van der Waals surface area contributed by atoms with E-state index in [1.54, 1.807) is 13.0 Å². The molecule has 0 bridgehead atoms. The molecule has 0 aliphatic carbocycles. The van der Waals surface area contributed by atoms with E-state index in [0.717, 1.165) is 5.57 Å². The minimum absolute atomic E-state index is 0.0537. The highest BCUT2D eigenvalue weighted by molar-refractivity contribution is 5.81. The van der Waals surface area contributed by atoms with Gasteiger partial charge in [0, 0.05) is 0 Å². The molecule has 0 aromatic heterocycles. The van der Waals surface area contributed by atoms with Crippen molar-refractivity contribution in [2.45, 2.75) is 6.92 Å². The second-order valence-corrected chi connectivity index (χ2v) is 2.56. The maximum absolute atomic E-state index is 10.9. The lowest BCUT2D eigenvalue weighted by atomic mass is 10.2. The molecule has 0 unspecified atom stereocenters. The summed E-state index contributed by atoms with van der Waals surface area (Å²) in [7, 11) is 0. The highest BCUT2D eigenvalue weighted by Crippen LogP contribution is 2.15. The molecule has 1 aliphatic rings. The van der Waals surface area contributed by atoms with Gasteiger partial charge in [-0.25, -0.2) is 0 Å². The molecule has 0 aromatic carbocycles. The van der Waals surface area contributed by atoms with Crippen LogP contribution in [0, 0.1) is 0 Å². The molecule has 0 fully saturated rings. The Bertz CT molecular complexity index is 276. The third kappa shape index (κ3) is 1.56. The summed E-state index contributed by atoms with van der Waals surface area (Å²) in [5.41, 5.74) is 1.39. The molecule has 1 aliphatic heterocycles. The van der Waals surface area contributed by atoms with Crippen LogP contribution in [0.2, 0.25) is 0 Å². The third-order valence-electron chi connectivity index (χ3n) is 1.48. The fourth-order valence-electron chi connectivity index (χ4n) is 0.931. The van der Waals surface area contributed by atoms with Gasteiger partial charge in [0.05, 0.1) is 5.70 Å². The zero-order valence-corrected chi connectivity index (χ0v) is 7.02. The maximum Gasteiger partial charge on any atom is 0.262 e. The first-order valence-electron chi connectivity index (χ1n) is 3.60. The Labute approximate surface area is 71.4 Å². The minimum Gasteiger partial charge on any atom is -0.482 e. The van der Waals surface area contributed by atoms with E-state index in [9.17, 15) is 4.79 Å². The first-order valence-corrected chi connectivity index (χ1v) is 3.60. The maximum atomic E-state index is 10.9. The van der Waals surface area contributed by atoms with E-state index in [-0.39, 0.29) is 12.5 Å². The van der Waals surface area contributed by atoms with Gasteiger partial charge in [-0.15, -0.1) is 0 Å². The van der Waals surface area contributed by atoms with Crippen LogP contribution < -0.4 is 5.32 Å². The topological polar surface area (TPSA) is 38.3 Å². The van der Waals surface area contributed by atoms with Gasteiger partial charge in [-0.05, 0) is 18.6 Å². The van der Waals surface area contributed by atoms with Crippen LogP contribution in [0.4, 0.5) is 0 Å². The average molecular weight is 165 g/mol. The SMILES string of the molecule is C=CC1=C(C(=C)C)NC(=O)CO1. The molecule has 0 spiro atoms. The van der Waals surface area contributed by atoms with Gasteiger partial charge in [0.2, 0.25) is 0 Å². The van der Waals surface area contributed by atoms with Gasteiger partial charge < -0.3 is 10.1 Å². The van der Waals surface area contributed by atoms with Gasteiger partial charge >= 0.3 is 0 Å². The number of carbonyl (C=O) groups excluding carboxylic acids is 1. The predicted molar refractivity (Wildman–Crippen MR) is 46.1 cm³/mol. The number of amides is 1. The standard InChI is InChI=1S/C9H11NO2/c1-4-7-9(6(2)3)10-8(11)5-12-7/h4H,1-2,5H2,3H3,(H,10,11). The van der Waals surface area contributed by atoms with Crippen molar-refractivity contribution in [3.05, 3.63) is 36.3 Å². The first-order chi connectivity index (χ1) is 5.65. The van der Waals surface area contributed by atoms with E-state index in [1.165, 1.54) is 0 Å². The molecule has 12 heavy (non-hydrogen) atoms. The van der Waals surface area contributed by atoms with Gasteiger partial charge in [0.15, 0.2) is 6.61 Å². The van der Waals surface area contributed by atoms with Crippen molar-refractivity contribution in [3.63, 3.8) is 0 Å². The van der Waals surface area contributed by atoms with Crippen LogP contribution in [0.1, 0.15) is 6.92 Å². The molecule has 0 saturated carbocycles. The average Bonchev–Trinajstić information content (AvgIpc) is 2.04. The highest BCUT2D eigenvalue weighted by atomic mass is 16.5. The Morgan fingerprint density at radius 3 is 2.92 bits per heavy atom. The molecule has 0 atom stereocenters. The monoisotopic (exact) mass is 165 g/mol. The summed E-state index contributed by atoms with van der Waals surface area (Å²) < 4.78 is 5.10. The van der Waals surface area contributed by atoms with Crippen LogP contribution in [0.5, 0.6) is 0 Å². The number of carbonyl (C=O) groups is 1. The molecule has 3 heteroatoms. The summed E-state index contributed by atoms with van der Waals surface area (Å²) in [6.45, 7) is 9.13. The summed E-state index contributed by atoms with van der Waals surface area (Å²) in [6.07, 6.45) is 1.56. The Balaban J connectivity index is 2.99. The number of nitrogens with one attached hydrogen (secondary N) is 1. The molecular weight excluding hydrogens is 154 g/mol. The van der Waals surface area contributed by atoms with Crippen LogP contribution in [0.25, 0.3) is 0 Å². The second-order valence-electron chi connectivity index (χ2n) is 2.56. The smallest absolute Gasteiger partial charge is 0.262 e. The van der Waals surface area contributed by atoms with Gasteiger partial charge in [-0.1, -0.05) is 13.2 Å². The minimum atomic E-state index is -0.154. The van der Waals surface area contributed by atoms with Crippen LogP contribution in [0.15, 0.2) is 36.3 Å². The van der Waals surface area contributed by atoms with E-state index in [0.29, 0.717) is 11.5 Å². The molecule has 1 amide bonds. The normalized spacial score (nSPS) is 16.6. The molecule has 0 saturated heterocycles. The molecule has 0 aromatic rings. The van der Waals surface area contributed by atoms with Gasteiger partial charge in [0.1, 0.15) is 5.76 Å². The third-order valence-corrected chi connectivity index (χ3v) is 1.48. The lowest BCUT2D eigenvalue weighted by molar-refractivity contribution is -0.124. The van der Waals surface area contributed by atoms with Crippen molar-refractivity contribution in [2.24, 2.45) is 0 Å². The highest BCUT2D eigenvalue weighted by Gasteiger charge is 2.16. The van der Waals surface area contributed by atoms with E-state index >= 15 is 0 Å². The second kappa shape index (κ2) is 3.26. The van der Waals surface area contributed by atoms with Gasteiger partial charge in [-0.3, -0.25) is 4.79 Å². The summed E-state index contributed by atoms with van der Waals surface area (Å²) in [5, 5.41) is 2.66. The van der Waals surface area contributed by atoms with Crippen molar-refractivity contribution < 1.29 is 9.53 Å². The van der Waals surface area contributed by atoms with Gasteiger partial charge in [0.25, 0.3) is 5.91 Å². The quantitative estimate of drug-likeness (QED) is 0.665. The number of ether oxygens (including phenoxy) is 1. The van der Waals surface area contributed by atoms with E-state index in [4.69, 9.17) is 4.74 Å². The zero-order valence-electron chi connectivity index (χ0n) is 7.02. The van der Waals surface area contributed by atoms with Crippen molar-refractivity contribution in [1.82, 2.24) is 5.32 Å². The summed E-state index contributed by atoms with van der Waals surface area (Å²) >= 11 is 0. The molecule has 1 N–H and O–H groups in total. The summed E-state index contributed by atoms with van der Waals surface area (Å²) in [6, 6.07) is 0. The Morgan fingerprint density at radius 1 is 1.75 bits per heavy atom. The summed E-state index contributed by atoms with van der Waals surface area (Å²) in [4.78, 5) is 10.9. The van der Waals surface area contributed by atoms with Crippen molar-refractivity contribution in [2.75, 3.05) is 6.61 Å². The molecule has 64 valence electrons. The van der Waals surface area contributed by atoms with Gasteiger partial charge in [-0.2, -0.15) is 0 Å². The van der Waals surface area contributed by atoms with Crippen LogP contribution in [0.3, 0.4) is 0 Å². The van der Waals surface area contributed by atoms with Crippen LogP contribution >= 0.6 is 0 Å². The fraction of sp³-hybridized carbons (Fsp3) is 0.222. The molecule has 1 heterocycles. The summed E-state index contributed by atoms with van der Waals surface area (Å²) in [5.74, 6) is 0.431. The molecular formula is C9H11NO2. The molecule has 3 nitrogen and oxygen atoms in total. The molecule has 0 radical (unpaired) electrons. The van der Waals surface area contributed by atoms with Crippen molar-refractivity contribution in [1.29, 1.82) is 0 Å². The van der Waals surface area contributed by atoms with E-state index < -0.39 is 0 Å². The lowest BCUT2D eigenvalue weighted by Crippen LogP contribution is -2.33. The fourth-order valence-corrected chi connectivity index (χ4v) is 0.931.